The minimum Gasteiger partial charge on any atom is -0.496 e. The monoisotopic (exact) mass is 397 g/mol. The van der Waals surface area contributed by atoms with Gasteiger partial charge in [0.05, 0.1) is 36.6 Å². The van der Waals surface area contributed by atoms with Crippen LogP contribution in [-0.2, 0) is 12.0 Å². The Bertz CT molecular complexity index is 1000. The van der Waals surface area contributed by atoms with Gasteiger partial charge in [0.2, 0.25) is 0 Å². The SMILES string of the molecule is COc1ccc(CC(C)(C)F)cc1C(CO)(c1cnc2ccccc2n1)N(C)C. The van der Waals surface area contributed by atoms with E-state index in [0.29, 0.717) is 11.4 Å². The summed E-state index contributed by atoms with van der Waals surface area (Å²) in [5.74, 6) is 0.600. The number of nitrogens with zero attached hydrogens (tertiary/aromatic N) is 3. The van der Waals surface area contributed by atoms with E-state index in [9.17, 15) is 9.50 Å². The zero-order valence-electron chi connectivity index (χ0n) is 17.6. The Labute approximate surface area is 171 Å². The minimum atomic E-state index is -1.35. The number of benzene rings is 2. The molecule has 3 aromatic rings. The van der Waals surface area contributed by atoms with Gasteiger partial charge in [-0.2, -0.15) is 0 Å². The van der Waals surface area contributed by atoms with Crippen molar-refractivity contribution < 1.29 is 14.2 Å². The summed E-state index contributed by atoms with van der Waals surface area (Å²) in [5.41, 5.74) is 1.30. The van der Waals surface area contributed by atoms with Crippen molar-refractivity contribution >= 4 is 11.0 Å². The van der Waals surface area contributed by atoms with Crippen LogP contribution in [-0.4, -0.2) is 53.5 Å². The first-order chi connectivity index (χ1) is 13.7. The molecule has 1 unspecified atom stereocenters. The standard InChI is InChI=1S/C23H28FN3O2/c1-22(2,24)13-16-10-11-20(29-5)17(12-16)23(15-28,27(3)4)21-14-25-18-8-6-7-9-19(18)26-21/h6-12,14,28H,13,15H2,1-5H3. The third-order valence-electron chi connectivity index (χ3n) is 5.20. The highest BCUT2D eigenvalue weighted by Gasteiger charge is 2.41. The lowest BCUT2D eigenvalue weighted by Gasteiger charge is -2.39. The van der Waals surface area contributed by atoms with Gasteiger partial charge in [0.25, 0.3) is 0 Å². The van der Waals surface area contributed by atoms with Gasteiger partial charge >= 0.3 is 0 Å². The number of aliphatic hydroxyl groups is 1. The molecule has 0 bridgehead atoms. The molecule has 0 spiro atoms. The van der Waals surface area contributed by atoms with Crippen molar-refractivity contribution in [3.63, 3.8) is 0 Å². The Morgan fingerprint density at radius 1 is 1.10 bits per heavy atom. The van der Waals surface area contributed by atoms with Gasteiger partial charge in [0.1, 0.15) is 17.0 Å². The number of halogens is 1. The fourth-order valence-electron chi connectivity index (χ4n) is 3.75. The Hall–Kier alpha value is -2.57. The highest BCUT2D eigenvalue weighted by Crippen LogP contribution is 2.39. The molecule has 0 fully saturated rings. The molecule has 3 rings (SSSR count). The van der Waals surface area contributed by atoms with E-state index in [2.05, 4.69) is 4.98 Å². The molecular formula is C23H28FN3O2. The fourth-order valence-corrected chi connectivity index (χ4v) is 3.75. The predicted molar refractivity (Wildman–Crippen MR) is 113 cm³/mol. The van der Waals surface area contributed by atoms with Crippen molar-refractivity contribution in [1.82, 2.24) is 14.9 Å². The van der Waals surface area contributed by atoms with Crippen LogP contribution >= 0.6 is 0 Å². The van der Waals surface area contributed by atoms with E-state index in [1.54, 1.807) is 27.2 Å². The van der Waals surface area contributed by atoms with E-state index in [1.807, 2.05) is 61.5 Å². The number of aliphatic hydroxyl groups excluding tert-OH is 1. The highest BCUT2D eigenvalue weighted by atomic mass is 19.1. The second kappa shape index (κ2) is 8.05. The topological polar surface area (TPSA) is 58.5 Å². The molecule has 1 heterocycles. The van der Waals surface area contributed by atoms with Crippen LogP contribution in [0.1, 0.15) is 30.7 Å². The molecule has 1 aromatic heterocycles. The number of methoxy groups -OCH3 is 1. The zero-order chi connectivity index (χ0) is 21.2. The lowest BCUT2D eigenvalue weighted by Crippen LogP contribution is -2.47. The Kier molecular flexibility index (Phi) is 5.87. The average molecular weight is 397 g/mol. The smallest absolute Gasteiger partial charge is 0.124 e. The molecular weight excluding hydrogens is 369 g/mol. The third kappa shape index (κ3) is 4.09. The number of hydrogen-bond donors (Lipinski definition) is 1. The van der Waals surface area contributed by atoms with E-state index < -0.39 is 11.2 Å². The second-order valence-electron chi connectivity index (χ2n) is 8.09. The van der Waals surface area contributed by atoms with Crippen LogP contribution in [0.3, 0.4) is 0 Å². The van der Waals surface area contributed by atoms with Gasteiger partial charge in [0.15, 0.2) is 0 Å². The van der Waals surface area contributed by atoms with Crippen molar-refractivity contribution in [2.75, 3.05) is 27.8 Å². The average Bonchev–Trinajstić information content (AvgIpc) is 2.67. The molecule has 0 aliphatic carbocycles. The number of aromatic nitrogens is 2. The molecule has 0 radical (unpaired) electrons. The molecule has 0 amide bonds. The van der Waals surface area contributed by atoms with Gasteiger partial charge in [0, 0.05) is 12.0 Å². The van der Waals surface area contributed by atoms with E-state index >= 15 is 0 Å². The molecule has 2 aromatic carbocycles. The third-order valence-corrected chi connectivity index (χ3v) is 5.20. The summed E-state index contributed by atoms with van der Waals surface area (Å²) in [5, 5.41) is 10.6. The van der Waals surface area contributed by atoms with Crippen LogP contribution in [0.2, 0.25) is 0 Å². The predicted octanol–water partition coefficient (Wildman–Crippen LogP) is 3.73. The summed E-state index contributed by atoms with van der Waals surface area (Å²) in [4.78, 5) is 11.2. The number of para-hydroxylation sites is 2. The van der Waals surface area contributed by atoms with E-state index in [4.69, 9.17) is 9.72 Å². The maximum atomic E-state index is 14.3. The minimum absolute atomic E-state index is 0.244. The highest BCUT2D eigenvalue weighted by molar-refractivity contribution is 5.74. The van der Waals surface area contributed by atoms with Gasteiger partial charge in [-0.15, -0.1) is 0 Å². The molecule has 1 atom stereocenters. The first kappa shape index (κ1) is 21.1. The van der Waals surface area contributed by atoms with Crippen LogP contribution in [0.15, 0.2) is 48.7 Å². The summed E-state index contributed by atoms with van der Waals surface area (Å²) < 4.78 is 19.9. The molecule has 0 aliphatic heterocycles. The quantitative estimate of drug-likeness (QED) is 0.658. The van der Waals surface area contributed by atoms with Gasteiger partial charge in [-0.05, 0) is 57.8 Å². The molecule has 154 valence electrons. The molecule has 0 saturated carbocycles. The van der Waals surface area contributed by atoms with Gasteiger partial charge in [-0.1, -0.05) is 18.2 Å². The summed E-state index contributed by atoms with van der Waals surface area (Å²) in [6, 6.07) is 13.2. The maximum absolute atomic E-state index is 14.3. The van der Waals surface area contributed by atoms with Crippen LogP contribution in [0.4, 0.5) is 4.39 Å². The van der Waals surface area contributed by atoms with Crippen molar-refractivity contribution in [1.29, 1.82) is 0 Å². The van der Waals surface area contributed by atoms with Crippen molar-refractivity contribution in [3.8, 4) is 5.75 Å². The van der Waals surface area contributed by atoms with Crippen molar-refractivity contribution in [2.24, 2.45) is 0 Å². The molecule has 0 saturated heterocycles. The number of ether oxygens (including phenoxy) is 1. The normalized spacial score (nSPS) is 14.2. The number of hydrogen-bond acceptors (Lipinski definition) is 5. The number of likely N-dealkylation sites (N-methyl/N-ethyl adjacent to an activating group) is 1. The second-order valence-corrected chi connectivity index (χ2v) is 8.09. The number of fused-ring (bicyclic) bond motifs is 1. The van der Waals surface area contributed by atoms with Crippen molar-refractivity contribution in [3.05, 3.63) is 65.5 Å². The molecule has 1 N–H and O–H groups in total. The lowest BCUT2D eigenvalue weighted by atomic mass is 9.83. The molecule has 6 heteroatoms. The van der Waals surface area contributed by atoms with Crippen LogP contribution in [0.25, 0.3) is 11.0 Å². The van der Waals surface area contributed by atoms with Gasteiger partial charge in [-0.25, -0.2) is 9.37 Å². The summed E-state index contributed by atoms with van der Waals surface area (Å²) in [6.07, 6.45) is 1.94. The van der Waals surface area contributed by atoms with E-state index in [-0.39, 0.29) is 13.0 Å². The summed E-state index contributed by atoms with van der Waals surface area (Å²) >= 11 is 0. The largest absolute Gasteiger partial charge is 0.496 e. The first-order valence-electron chi connectivity index (χ1n) is 9.58. The Morgan fingerprint density at radius 3 is 2.38 bits per heavy atom. The van der Waals surface area contributed by atoms with E-state index in [1.165, 1.54) is 0 Å². The zero-order valence-corrected chi connectivity index (χ0v) is 17.6. The van der Waals surface area contributed by atoms with Crippen LogP contribution in [0.5, 0.6) is 5.75 Å². The van der Waals surface area contributed by atoms with Crippen molar-refractivity contribution in [2.45, 2.75) is 31.5 Å². The Balaban J connectivity index is 2.26. The first-order valence-corrected chi connectivity index (χ1v) is 9.58. The summed E-state index contributed by atoms with van der Waals surface area (Å²) in [7, 11) is 5.33. The van der Waals surface area contributed by atoms with Crippen LogP contribution < -0.4 is 4.74 Å². The molecule has 0 aliphatic rings. The molecule has 29 heavy (non-hydrogen) atoms. The Morgan fingerprint density at radius 2 is 1.79 bits per heavy atom. The van der Waals surface area contributed by atoms with Gasteiger partial charge < -0.3 is 9.84 Å². The van der Waals surface area contributed by atoms with E-state index in [0.717, 1.165) is 22.2 Å². The van der Waals surface area contributed by atoms with Gasteiger partial charge in [-0.3, -0.25) is 9.88 Å². The maximum Gasteiger partial charge on any atom is 0.124 e. The fraction of sp³-hybridized carbons (Fsp3) is 0.391. The molecule has 5 nitrogen and oxygen atoms in total. The number of rotatable bonds is 7. The lowest BCUT2D eigenvalue weighted by molar-refractivity contribution is 0.0947. The number of alkyl halides is 1. The summed E-state index contributed by atoms with van der Waals surface area (Å²) in [6.45, 7) is 2.86. The van der Waals surface area contributed by atoms with Crippen LogP contribution in [0, 0.1) is 0 Å².